The third-order valence-electron chi connectivity index (χ3n) is 4.34. The number of ether oxygens (including phenoxy) is 1. The predicted octanol–water partition coefficient (Wildman–Crippen LogP) is 4.40. The van der Waals surface area contributed by atoms with E-state index in [9.17, 15) is 0 Å². The molecule has 0 aromatic carbocycles. The van der Waals surface area contributed by atoms with Gasteiger partial charge in [-0.25, -0.2) is 0 Å². The van der Waals surface area contributed by atoms with E-state index in [1.807, 2.05) is 25.3 Å². The van der Waals surface area contributed by atoms with Gasteiger partial charge in [-0.05, 0) is 68.4 Å². The van der Waals surface area contributed by atoms with Gasteiger partial charge in [0, 0.05) is 18.4 Å². The SMILES string of the molecule is CCCn1nccc1C1=C(COc2ccc(C)nc2)CCCC1. The smallest absolute Gasteiger partial charge is 0.138 e. The Labute approximate surface area is 138 Å². The minimum atomic E-state index is 0.650. The molecule has 4 heteroatoms. The molecule has 0 saturated carbocycles. The number of nitrogens with zero attached hydrogens (tertiary/aromatic N) is 3. The fraction of sp³-hybridized carbons (Fsp3) is 0.474. The van der Waals surface area contributed by atoms with E-state index in [2.05, 4.69) is 27.8 Å². The molecule has 0 N–H and O–H groups in total. The van der Waals surface area contributed by atoms with E-state index in [0.29, 0.717) is 6.61 Å². The highest BCUT2D eigenvalue weighted by Gasteiger charge is 2.18. The Morgan fingerprint density at radius 1 is 1.17 bits per heavy atom. The summed E-state index contributed by atoms with van der Waals surface area (Å²) in [5.74, 6) is 0.843. The van der Waals surface area contributed by atoms with Crippen molar-refractivity contribution in [2.45, 2.75) is 52.5 Å². The van der Waals surface area contributed by atoms with Gasteiger partial charge in [-0.1, -0.05) is 6.92 Å². The number of pyridine rings is 1. The molecular formula is C19H25N3O. The predicted molar refractivity (Wildman–Crippen MR) is 92.4 cm³/mol. The summed E-state index contributed by atoms with van der Waals surface area (Å²) in [5, 5.41) is 4.48. The molecule has 0 atom stereocenters. The van der Waals surface area contributed by atoms with Crippen LogP contribution in [0.5, 0.6) is 5.75 Å². The lowest BCUT2D eigenvalue weighted by Gasteiger charge is -2.21. The summed E-state index contributed by atoms with van der Waals surface area (Å²) < 4.78 is 8.11. The first kappa shape index (κ1) is 15.8. The molecule has 2 aromatic heterocycles. The molecule has 0 bridgehead atoms. The number of aryl methyl sites for hydroxylation is 2. The average Bonchev–Trinajstić information content (AvgIpc) is 3.03. The van der Waals surface area contributed by atoms with Crippen molar-refractivity contribution in [3.63, 3.8) is 0 Å². The van der Waals surface area contributed by atoms with E-state index in [1.54, 1.807) is 6.20 Å². The van der Waals surface area contributed by atoms with E-state index in [0.717, 1.165) is 37.3 Å². The summed E-state index contributed by atoms with van der Waals surface area (Å²) in [7, 11) is 0. The van der Waals surface area contributed by atoms with Crippen molar-refractivity contribution >= 4 is 5.57 Å². The van der Waals surface area contributed by atoms with E-state index in [-0.39, 0.29) is 0 Å². The Balaban J connectivity index is 1.79. The lowest BCUT2D eigenvalue weighted by Crippen LogP contribution is -2.12. The molecule has 0 spiro atoms. The quantitative estimate of drug-likeness (QED) is 0.793. The zero-order valence-corrected chi connectivity index (χ0v) is 14.1. The summed E-state index contributed by atoms with van der Waals surface area (Å²) in [6.07, 6.45) is 9.56. The molecule has 0 radical (unpaired) electrons. The Morgan fingerprint density at radius 3 is 2.83 bits per heavy atom. The van der Waals surface area contributed by atoms with Gasteiger partial charge in [-0.15, -0.1) is 0 Å². The average molecular weight is 311 g/mol. The van der Waals surface area contributed by atoms with E-state index in [1.165, 1.54) is 29.7 Å². The van der Waals surface area contributed by atoms with Gasteiger partial charge in [0.1, 0.15) is 12.4 Å². The molecule has 0 aliphatic heterocycles. The molecule has 23 heavy (non-hydrogen) atoms. The van der Waals surface area contributed by atoms with Crippen LogP contribution in [0.1, 0.15) is 50.4 Å². The van der Waals surface area contributed by atoms with Crippen molar-refractivity contribution in [1.29, 1.82) is 0 Å². The van der Waals surface area contributed by atoms with E-state index >= 15 is 0 Å². The van der Waals surface area contributed by atoms with Crippen molar-refractivity contribution in [1.82, 2.24) is 14.8 Å². The molecule has 2 aromatic rings. The topological polar surface area (TPSA) is 39.9 Å². The van der Waals surface area contributed by atoms with Crippen LogP contribution in [0.15, 0.2) is 36.2 Å². The van der Waals surface area contributed by atoms with Crippen molar-refractivity contribution in [3.05, 3.63) is 47.6 Å². The van der Waals surface area contributed by atoms with Crippen LogP contribution in [0.25, 0.3) is 5.57 Å². The summed E-state index contributed by atoms with van der Waals surface area (Å²) in [5.41, 5.74) is 5.13. The summed E-state index contributed by atoms with van der Waals surface area (Å²) in [4.78, 5) is 4.30. The van der Waals surface area contributed by atoms with Crippen molar-refractivity contribution < 1.29 is 4.74 Å². The van der Waals surface area contributed by atoms with Gasteiger partial charge in [0.15, 0.2) is 0 Å². The molecule has 2 heterocycles. The second-order valence-electron chi connectivity index (χ2n) is 6.15. The van der Waals surface area contributed by atoms with Gasteiger partial charge < -0.3 is 4.74 Å². The Kier molecular flexibility index (Phi) is 5.11. The zero-order valence-electron chi connectivity index (χ0n) is 14.1. The van der Waals surface area contributed by atoms with Gasteiger partial charge in [-0.2, -0.15) is 5.10 Å². The maximum atomic E-state index is 5.98. The fourth-order valence-corrected chi connectivity index (χ4v) is 3.13. The maximum Gasteiger partial charge on any atom is 0.138 e. The minimum Gasteiger partial charge on any atom is -0.488 e. The number of aromatic nitrogens is 3. The van der Waals surface area contributed by atoms with Crippen LogP contribution in [-0.2, 0) is 6.54 Å². The van der Waals surface area contributed by atoms with Crippen molar-refractivity contribution in [2.24, 2.45) is 0 Å². The molecule has 1 aliphatic carbocycles. The molecule has 122 valence electrons. The van der Waals surface area contributed by atoms with E-state index in [4.69, 9.17) is 4.74 Å². The number of allylic oxidation sites excluding steroid dienone is 1. The molecular weight excluding hydrogens is 286 g/mol. The lowest BCUT2D eigenvalue weighted by molar-refractivity contribution is 0.343. The molecule has 3 rings (SSSR count). The van der Waals surface area contributed by atoms with Crippen LogP contribution in [0, 0.1) is 6.92 Å². The van der Waals surface area contributed by atoms with Gasteiger partial charge in [0.25, 0.3) is 0 Å². The summed E-state index contributed by atoms with van der Waals surface area (Å²) >= 11 is 0. The maximum absolute atomic E-state index is 5.98. The van der Waals surface area contributed by atoms with Crippen LogP contribution in [-0.4, -0.2) is 21.4 Å². The molecule has 0 saturated heterocycles. The summed E-state index contributed by atoms with van der Waals surface area (Å²) in [6.45, 7) is 5.80. The van der Waals surface area contributed by atoms with Gasteiger partial charge in [0.2, 0.25) is 0 Å². The first-order valence-corrected chi connectivity index (χ1v) is 8.56. The Hall–Kier alpha value is -2.10. The second-order valence-corrected chi connectivity index (χ2v) is 6.15. The molecule has 0 unspecified atom stereocenters. The standard InChI is InChI=1S/C19H25N3O/c1-3-12-22-19(10-11-21-22)18-7-5-4-6-16(18)14-23-17-9-8-15(2)20-13-17/h8-11,13H,3-7,12,14H2,1-2H3. The first-order valence-electron chi connectivity index (χ1n) is 8.56. The van der Waals surface area contributed by atoms with E-state index < -0.39 is 0 Å². The Morgan fingerprint density at radius 2 is 2.04 bits per heavy atom. The van der Waals surface area contributed by atoms with Gasteiger partial charge in [-0.3, -0.25) is 9.67 Å². The third kappa shape index (κ3) is 3.81. The highest BCUT2D eigenvalue weighted by molar-refractivity contribution is 5.67. The van der Waals surface area contributed by atoms with Crippen LogP contribution >= 0.6 is 0 Å². The van der Waals surface area contributed by atoms with Crippen LogP contribution in [0.3, 0.4) is 0 Å². The monoisotopic (exact) mass is 311 g/mol. The summed E-state index contributed by atoms with van der Waals surface area (Å²) in [6, 6.07) is 6.12. The van der Waals surface area contributed by atoms with Gasteiger partial charge >= 0.3 is 0 Å². The number of rotatable bonds is 6. The van der Waals surface area contributed by atoms with Gasteiger partial charge in [0.05, 0.1) is 11.9 Å². The highest BCUT2D eigenvalue weighted by atomic mass is 16.5. The largest absolute Gasteiger partial charge is 0.488 e. The third-order valence-corrected chi connectivity index (χ3v) is 4.34. The second kappa shape index (κ2) is 7.44. The zero-order chi connectivity index (χ0) is 16.1. The highest BCUT2D eigenvalue weighted by Crippen LogP contribution is 2.32. The molecule has 1 aliphatic rings. The molecule has 4 nitrogen and oxygen atoms in total. The fourth-order valence-electron chi connectivity index (χ4n) is 3.13. The number of hydrogen-bond acceptors (Lipinski definition) is 3. The molecule has 0 fully saturated rings. The van der Waals surface area contributed by atoms with Crippen LogP contribution in [0.2, 0.25) is 0 Å². The van der Waals surface area contributed by atoms with Crippen molar-refractivity contribution in [2.75, 3.05) is 6.61 Å². The van der Waals surface area contributed by atoms with Crippen LogP contribution in [0.4, 0.5) is 0 Å². The Bertz CT molecular complexity index is 670. The van der Waals surface area contributed by atoms with Crippen molar-refractivity contribution in [3.8, 4) is 5.75 Å². The first-order chi connectivity index (χ1) is 11.3. The normalized spacial score (nSPS) is 15.0. The minimum absolute atomic E-state index is 0.650. The molecule has 0 amide bonds. The number of hydrogen-bond donors (Lipinski definition) is 0. The van der Waals surface area contributed by atoms with Crippen LogP contribution < -0.4 is 4.74 Å². The lowest BCUT2D eigenvalue weighted by atomic mass is 9.90.